The number of benzene rings is 1. The number of nitrogens with zero attached hydrogens (tertiary/aromatic N) is 1. The van der Waals surface area contributed by atoms with Gasteiger partial charge in [0.05, 0.1) is 18.2 Å². The third-order valence-corrected chi connectivity index (χ3v) is 3.59. The summed E-state index contributed by atoms with van der Waals surface area (Å²) in [5, 5.41) is 9.22. The number of hydrogen-bond acceptors (Lipinski definition) is 3. The van der Waals surface area contributed by atoms with E-state index in [0.29, 0.717) is 17.8 Å². The van der Waals surface area contributed by atoms with Crippen molar-refractivity contribution >= 4 is 27.5 Å². The van der Waals surface area contributed by atoms with Crippen molar-refractivity contribution in [3.8, 4) is 0 Å². The van der Waals surface area contributed by atoms with Crippen LogP contribution >= 0.6 is 15.9 Å². The molecular formula is C12H15BrN2O2. The minimum atomic E-state index is -0.0969. The molecule has 0 spiro atoms. The van der Waals surface area contributed by atoms with Crippen LogP contribution in [0.1, 0.15) is 23.2 Å². The first-order chi connectivity index (χ1) is 8.13. The minimum Gasteiger partial charge on any atom is -0.398 e. The Morgan fingerprint density at radius 1 is 1.59 bits per heavy atom. The second-order valence-corrected chi connectivity index (χ2v) is 5.12. The molecular weight excluding hydrogens is 284 g/mol. The Bertz CT molecular complexity index is 437. The highest BCUT2D eigenvalue weighted by atomic mass is 79.9. The average Bonchev–Trinajstić information content (AvgIpc) is 2.79. The molecule has 4 nitrogen and oxygen atoms in total. The van der Waals surface area contributed by atoms with Crippen LogP contribution in [0.25, 0.3) is 0 Å². The second-order valence-electron chi connectivity index (χ2n) is 4.21. The molecule has 1 saturated heterocycles. The molecule has 1 aliphatic rings. The first-order valence-electron chi connectivity index (χ1n) is 5.60. The lowest BCUT2D eigenvalue weighted by molar-refractivity contribution is 0.0678. The second kappa shape index (κ2) is 5.06. The molecule has 0 saturated carbocycles. The van der Waals surface area contributed by atoms with E-state index in [9.17, 15) is 9.90 Å². The monoisotopic (exact) mass is 298 g/mol. The molecule has 1 fully saturated rings. The number of carbonyl (C=O) groups excluding carboxylic acids is 1. The van der Waals surface area contributed by atoms with E-state index in [1.807, 2.05) is 0 Å². The van der Waals surface area contributed by atoms with E-state index < -0.39 is 0 Å². The van der Waals surface area contributed by atoms with Crippen LogP contribution in [0.5, 0.6) is 0 Å². The van der Waals surface area contributed by atoms with E-state index in [2.05, 4.69) is 15.9 Å². The van der Waals surface area contributed by atoms with E-state index in [1.165, 1.54) is 0 Å². The maximum absolute atomic E-state index is 12.3. The van der Waals surface area contributed by atoms with Crippen LogP contribution in [0, 0.1) is 0 Å². The lowest BCUT2D eigenvalue weighted by Gasteiger charge is -2.23. The van der Waals surface area contributed by atoms with Crippen molar-refractivity contribution in [1.29, 1.82) is 0 Å². The van der Waals surface area contributed by atoms with Crippen LogP contribution in [0.2, 0.25) is 0 Å². The number of amides is 1. The Morgan fingerprint density at radius 2 is 2.35 bits per heavy atom. The molecule has 3 N–H and O–H groups in total. The number of hydrogen-bond donors (Lipinski definition) is 2. The van der Waals surface area contributed by atoms with Gasteiger partial charge in [0.2, 0.25) is 0 Å². The molecule has 1 amide bonds. The van der Waals surface area contributed by atoms with Crippen LogP contribution in [0.4, 0.5) is 5.69 Å². The van der Waals surface area contributed by atoms with Gasteiger partial charge in [0.15, 0.2) is 0 Å². The molecule has 17 heavy (non-hydrogen) atoms. The standard InChI is InChI=1S/C12H15BrN2O2/c13-8-3-4-11(14)10(6-8)12(17)15-5-1-2-9(15)7-16/h3-4,6,9,16H,1-2,5,7,14H2/t9-/m1/s1. The summed E-state index contributed by atoms with van der Waals surface area (Å²) >= 11 is 3.33. The Labute approximate surface area is 109 Å². The van der Waals surface area contributed by atoms with Gasteiger partial charge in [-0.05, 0) is 31.0 Å². The zero-order valence-electron chi connectivity index (χ0n) is 9.40. The van der Waals surface area contributed by atoms with Gasteiger partial charge >= 0.3 is 0 Å². The molecule has 0 radical (unpaired) electrons. The number of nitrogen functional groups attached to an aromatic ring is 1. The highest BCUT2D eigenvalue weighted by Gasteiger charge is 2.29. The highest BCUT2D eigenvalue weighted by molar-refractivity contribution is 9.10. The lowest BCUT2D eigenvalue weighted by atomic mass is 10.1. The molecule has 2 rings (SSSR count). The molecule has 0 bridgehead atoms. The third-order valence-electron chi connectivity index (χ3n) is 3.09. The van der Waals surface area contributed by atoms with Gasteiger partial charge in [-0.1, -0.05) is 15.9 Å². The van der Waals surface area contributed by atoms with Gasteiger partial charge in [-0.15, -0.1) is 0 Å². The number of carbonyl (C=O) groups is 1. The van der Waals surface area contributed by atoms with E-state index >= 15 is 0 Å². The van der Waals surface area contributed by atoms with Gasteiger partial charge in [-0.3, -0.25) is 4.79 Å². The van der Waals surface area contributed by atoms with Gasteiger partial charge in [0.1, 0.15) is 0 Å². The number of anilines is 1. The van der Waals surface area contributed by atoms with Gasteiger partial charge in [-0.2, -0.15) is 0 Å². The van der Waals surface area contributed by atoms with Crippen molar-refractivity contribution in [1.82, 2.24) is 4.90 Å². The van der Waals surface area contributed by atoms with E-state index in [4.69, 9.17) is 5.73 Å². The van der Waals surface area contributed by atoms with Crippen molar-refractivity contribution < 1.29 is 9.90 Å². The van der Waals surface area contributed by atoms with Crippen LogP contribution in [0.15, 0.2) is 22.7 Å². The maximum atomic E-state index is 12.3. The normalized spacial score (nSPS) is 19.6. The van der Waals surface area contributed by atoms with Gasteiger partial charge in [0.25, 0.3) is 5.91 Å². The molecule has 1 aliphatic heterocycles. The number of halogens is 1. The summed E-state index contributed by atoms with van der Waals surface area (Å²) in [4.78, 5) is 14.0. The molecule has 92 valence electrons. The molecule has 0 unspecified atom stereocenters. The SMILES string of the molecule is Nc1ccc(Br)cc1C(=O)N1CCC[C@@H]1CO. The third kappa shape index (κ3) is 2.45. The van der Waals surface area contributed by atoms with Gasteiger partial charge < -0.3 is 15.7 Å². The molecule has 1 atom stereocenters. The topological polar surface area (TPSA) is 66.6 Å². The Hall–Kier alpha value is -1.07. The fourth-order valence-corrected chi connectivity index (χ4v) is 2.52. The molecule has 0 aliphatic carbocycles. The summed E-state index contributed by atoms with van der Waals surface area (Å²) < 4.78 is 0.829. The lowest BCUT2D eigenvalue weighted by Crippen LogP contribution is -2.37. The van der Waals surface area contributed by atoms with Crippen molar-refractivity contribution in [3.63, 3.8) is 0 Å². The molecule has 1 aromatic rings. The quantitative estimate of drug-likeness (QED) is 0.816. The number of rotatable bonds is 2. The van der Waals surface area contributed by atoms with Crippen molar-refractivity contribution in [3.05, 3.63) is 28.2 Å². The van der Waals surface area contributed by atoms with Crippen LogP contribution in [0.3, 0.4) is 0 Å². The zero-order valence-corrected chi connectivity index (χ0v) is 11.0. The van der Waals surface area contributed by atoms with E-state index in [0.717, 1.165) is 17.3 Å². The molecule has 1 heterocycles. The summed E-state index contributed by atoms with van der Waals surface area (Å²) in [7, 11) is 0. The van der Waals surface area contributed by atoms with Crippen molar-refractivity contribution in [2.24, 2.45) is 0 Å². The first kappa shape index (κ1) is 12.4. The molecule has 5 heteroatoms. The Kier molecular flexibility index (Phi) is 3.69. The van der Waals surface area contributed by atoms with E-state index in [1.54, 1.807) is 23.1 Å². The van der Waals surface area contributed by atoms with Crippen LogP contribution in [-0.2, 0) is 0 Å². The van der Waals surface area contributed by atoms with Crippen molar-refractivity contribution in [2.75, 3.05) is 18.9 Å². The summed E-state index contributed by atoms with van der Waals surface area (Å²) in [6.45, 7) is 0.704. The number of aliphatic hydroxyl groups is 1. The van der Waals surface area contributed by atoms with Crippen LogP contribution in [-0.4, -0.2) is 35.1 Å². The maximum Gasteiger partial charge on any atom is 0.256 e. The first-order valence-corrected chi connectivity index (χ1v) is 6.39. The Balaban J connectivity index is 2.27. The fraction of sp³-hybridized carbons (Fsp3) is 0.417. The number of likely N-dealkylation sites (tertiary alicyclic amines) is 1. The predicted octanol–water partition coefficient (Wildman–Crippen LogP) is 1.63. The highest BCUT2D eigenvalue weighted by Crippen LogP contribution is 2.24. The average molecular weight is 299 g/mol. The fourth-order valence-electron chi connectivity index (χ4n) is 2.16. The number of aliphatic hydroxyl groups excluding tert-OH is 1. The zero-order chi connectivity index (χ0) is 12.4. The number of nitrogens with two attached hydrogens (primary N) is 1. The van der Waals surface area contributed by atoms with Crippen LogP contribution < -0.4 is 5.73 Å². The van der Waals surface area contributed by atoms with Crippen molar-refractivity contribution in [2.45, 2.75) is 18.9 Å². The Morgan fingerprint density at radius 3 is 3.06 bits per heavy atom. The predicted molar refractivity (Wildman–Crippen MR) is 69.7 cm³/mol. The minimum absolute atomic E-state index is 0.0135. The summed E-state index contributed by atoms with van der Waals surface area (Å²) in [6, 6.07) is 5.17. The van der Waals surface area contributed by atoms with Gasteiger partial charge in [0, 0.05) is 16.7 Å². The van der Waals surface area contributed by atoms with E-state index in [-0.39, 0.29) is 18.6 Å². The molecule has 0 aromatic heterocycles. The molecule has 1 aromatic carbocycles. The summed E-state index contributed by atoms with van der Waals surface area (Å²) in [5.41, 5.74) is 6.79. The largest absolute Gasteiger partial charge is 0.398 e. The smallest absolute Gasteiger partial charge is 0.256 e. The van der Waals surface area contributed by atoms with Gasteiger partial charge in [-0.25, -0.2) is 0 Å². The summed E-state index contributed by atoms with van der Waals surface area (Å²) in [5.74, 6) is -0.0969. The summed E-state index contributed by atoms with van der Waals surface area (Å²) in [6.07, 6.45) is 1.79.